The smallest absolute Gasteiger partial charge is 0.324 e. The van der Waals surface area contributed by atoms with Crippen LogP contribution in [0.3, 0.4) is 0 Å². The van der Waals surface area contributed by atoms with Gasteiger partial charge in [0.1, 0.15) is 0 Å². The van der Waals surface area contributed by atoms with Crippen molar-refractivity contribution < 1.29 is 24.2 Å². The van der Waals surface area contributed by atoms with Gasteiger partial charge in [-0.25, -0.2) is 0 Å². The summed E-state index contributed by atoms with van der Waals surface area (Å²) in [7, 11) is 0. The van der Waals surface area contributed by atoms with Crippen molar-refractivity contribution in [2.24, 2.45) is 0 Å². The van der Waals surface area contributed by atoms with E-state index in [2.05, 4.69) is 5.32 Å². The minimum atomic E-state index is -1.04. The number of rotatable bonds is 8. The molecule has 2 aromatic rings. The number of nitro groups is 2. The molecule has 10 nitrogen and oxygen atoms in total. The van der Waals surface area contributed by atoms with Gasteiger partial charge in [-0.2, -0.15) is 0 Å². The normalized spacial score (nSPS) is 11.7. The van der Waals surface area contributed by atoms with E-state index in [-0.39, 0.29) is 28.2 Å². The first-order valence-corrected chi connectivity index (χ1v) is 9.03. The van der Waals surface area contributed by atoms with Crippen LogP contribution in [0.5, 0.6) is 0 Å². The summed E-state index contributed by atoms with van der Waals surface area (Å²) in [6, 6.07) is 5.77. The minimum Gasteiger partial charge on any atom is -0.463 e. The zero-order valence-electron chi connectivity index (χ0n) is 15.0. The van der Waals surface area contributed by atoms with Gasteiger partial charge in [0.2, 0.25) is 0 Å². The summed E-state index contributed by atoms with van der Waals surface area (Å²) >= 11 is 0.779. The molecule has 0 spiro atoms. The lowest BCUT2D eigenvalue weighted by atomic mass is 10.0. The lowest BCUT2D eigenvalue weighted by Gasteiger charge is -2.19. The average Bonchev–Trinajstić information content (AvgIpc) is 3.11. The third-order valence-corrected chi connectivity index (χ3v) is 4.46. The van der Waals surface area contributed by atoms with Gasteiger partial charge in [-0.3, -0.25) is 29.8 Å². The van der Waals surface area contributed by atoms with Crippen molar-refractivity contribution in [1.29, 1.82) is 0 Å². The van der Waals surface area contributed by atoms with Crippen molar-refractivity contribution in [3.8, 4) is 0 Å². The zero-order chi connectivity index (χ0) is 20.8. The molecule has 1 heterocycles. The largest absolute Gasteiger partial charge is 0.463 e. The van der Waals surface area contributed by atoms with Crippen LogP contribution in [-0.4, -0.2) is 27.8 Å². The number of para-hydroxylation sites is 1. The quantitative estimate of drug-likeness (QED) is 0.401. The highest BCUT2D eigenvalue weighted by Crippen LogP contribution is 2.29. The molecule has 0 radical (unpaired) electrons. The molecule has 0 bridgehead atoms. The van der Waals surface area contributed by atoms with E-state index < -0.39 is 33.9 Å². The number of nitrogens with one attached hydrogen (secondary N) is 1. The highest BCUT2D eigenvalue weighted by molar-refractivity contribution is 7.13. The summed E-state index contributed by atoms with van der Waals surface area (Å²) in [5, 5.41) is 25.8. The summed E-state index contributed by atoms with van der Waals surface area (Å²) in [6.07, 6.45) is -0.727. The van der Waals surface area contributed by atoms with Gasteiger partial charge in [0, 0.05) is 17.5 Å². The van der Waals surface area contributed by atoms with Crippen LogP contribution in [0, 0.1) is 20.2 Å². The molecule has 0 saturated heterocycles. The van der Waals surface area contributed by atoms with E-state index in [0.29, 0.717) is 0 Å². The van der Waals surface area contributed by atoms with Gasteiger partial charge >= 0.3 is 11.0 Å². The number of hydrogen-bond donors (Lipinski definition) is 1. The summed E-state index contributed by atoms with van der Waals surface area (Å²) in [5.41, 5.74) is -0.106. The Hall–Kier alpha value is -3.34. The Bertz CT molecular complexity index is 910. The Labute approximate surface area is 163 Å². The zero-order valence-corrected chi connectivity index (χ0v) is 15.8. The molecule has 2 rings (SSSR count). The van der Waals surface area contributed by atoms with E-state index in [1.807, 2.05) is 0 Å². The van der Waals surface area contributed by atoms with Gasteiger partial charge in [0.05, 0.1) is 39.5 Å². The molecule has 1 amide bonds. The Balaban J connectivity index is 2.32. The fourth-order valence-electron chi connectivity index (χ4n) is 2.45. The number of thiophene rings is 1. The van der Waals surface area contributed by atoms with E-state index in [1.165, 1.54) is 23.6 Å². The Morgan fingerprint density at radius 1 is 1.18 bits per heavy atom. The third-order valence-electron chi connectivity index (χ3n) is 3.58. The lowest BCUT2D eigenvalue weighted by molar-refractivity contribution is -0.385. The highest BCUT2D eigenvalue weighted by atomic mass is 32.1. The van der Waals surface area contributed by atoms with Crippen LogP contribution in [-0.2, 0) is 9.53 Å². The number of nitrogens with zero attached hydrogens (tertiary/aromatic N) is 2. The monoisotopic (exact) mass is 407 g/mol. The van der Waals surface area contributed by atoms with Gasteiger partial charge in [0.15, 0.2) is 0 Å². The molecule has 1 aromatic carbocycles. The number of hydrogen-bond acceptors (Lipinski definition) is 8. The number of carbonyl (C=O) groups excluding carboxylic acids is 2. The number of amides is 1. The molecule has 0 saturated carbocycles. The van der Waals surface area contributed by atoms with Crippen molar-refractivity contribution in [3.05, 3.63) is 67.1 Å². The Kier molecular flexibility index (Phi) is 6.77. The lowest BCUT2D eigenvalue weighted by Crippen LogP contribution is -2.31. The van der Waals surface area contributed by atoms with Crippen molar-refractivity contribution in [1.82, 2.24) is 5.32 Å². The summed E-state index contributed by atoms with van der Waals surface area (Å²) < 4.78 is 5.08. The second kappa shape index (κ2) is 9.04. The van der Waals surface area contributed by atoms with Crippen molar-refractivity contribution in [3.63, 3.8) is 0 Å². The average molecular weight is 407 g/mol. The fraction of sp³-hybridized carbons (Fsp3) is 0.294. The Morgan fingerprint density at radius 2 is 1.86 bits per heavy atom. The predicted octanol–water partition coefficient (Wildman–Crippen LogP) is 3.38. The van der Waals surface area contributed by atoms with Crippen LogP contribution in [0.1, 0.15) is 42.2 Å². The first-order valence-electron chi connectivity index (χ1n) is 8.15. The van der Waals surface area contributed by atoms with Crippen LogP contribution < -0.4 is 5.32 Å². The maximum absolute atomic E-state index is 12.5. The topological polar surface area (TPSA) is 142 Å². The number of benzene rings is 1. The summed E-state index contributed by atoms with van der Waals surface area (Å²) in [5.74, 6) is -1.33. The maximum atomic E-state index is 12.5. The summed E-state index contributed by atoms with van der Waals surface area (Å²) in [6.45, 7) is 3.31. The van der Waals surface area contributed by atoms with Crippen LogP contribution in [0.4, 0.5) is 10.7 Å². The molecule has 1 aromatic heterocycles. The molecule has 1 unspecified atom stereocenters. The van der Waals surface area contributed by atoms with Crippen molar-refractivity contribution in [2.45, 2.75) is 32.4 Å². The molecule has 11 heteroatoms. The van der Waals surface area contributed by atoms with E-state index >= 15 is 0 Å². The number of ether oxygens (including phenoxy) is 1. The van der Waals surface area contributed by atoms with Gasteiger partial charge in [-0.15, -0.1) is 0 Å². The van der Waals surface area contributed by atoms with Crippen molar-refractivity contribution >= 4 is 33.9 Å². The van der Waals surface area contributed by atoms with Gasteiger partial charge in [0.25, 0.3) is 11.6 Å². The van der Waals surface area contributed by atoms with E-state index in [0.717, 1.165) is 17.4 Å². The highest BCUT2D eigenvalue weighted by Gasteiger charge is 2.27. The standard InChI is InChI=1S/C17H17N3O7S/c1-10(2)27-16(21)8-13(12-5-3-4-6-14(12)19(23)24)18-17(22)11-7-15(20(25)26)28-9-11/h3-7,9-10,13H,8H2,1-2H3,(H,18,22). The first-order chi connectivity index (χ1) is 13.2. The van der Waals surface area contributed by atoms with E-state index in [9.17, 15) is 29.8 Å². The fourth-order valence-corrected chi connectivity index (χ4v) is 3.15. The predicted molar refractivity (Wildman–Crippen MR) is 100 cm³/mol. The molecule has 0 fully saturated rings. The van der Waals surface area contributed by atoms with E-state index in [4.69, 9.17) is 4.74 Å². The minimum absolute atomic E-state index is 0.0255. The molecular formula is C17H17N3O7S. The van der Waals surface area contributed by atoms with Gasteiger partial charge < -0.3 is 10.1 Å². The van der Waals surface area contributed by atoms with Gasteiger partial charge in [-0.1, -0.05) is 29.5 Å². The number of carbonyl (C=O) groups is 2. The van der Waals surface area contributed by atoms with Crippen LogP contribution in [0.2, 0.25) is 0 Å². The SMILES string of the molecule is CC(C)OC(=O)CC(NC(=O)c1csc([N+](=O)[O-])c1)c1ccccc1[N+](=O)[O-]. The van der Waals surface area contributed by atoms with Crippen molar-refractivity contribution in [2.75, 3.05) is 0 Å². The molecule has 1 N–H and O–H groups in total. The first kappa shape index (κ1) is 21.0. The maximum Gasteiger partial charge on any atom is 0.324 e. The molecule has 148 valence electrons. The second-order valence-corrected chi connectivity index (χ2v) is 6.91. The molecule has 0 aliphatic carbocycles. The number of nitro benzene ring substituents is 1. The number of esters is 1. The van der Waals surface area contributed by atoms with Crippen LogP contribution in [0.15, 0.2) is 35.7 Å². The molecule has 28 heavy (non-hydrogen) atoms. The molecule has 0 aliphatic heterocycles. The molecule has 1 atom stereocenters. The van der Waals surface area contributed by atoms with Crippen LogP contribution in [0.25, 0.3) is 0 Å². The summed E-state index contributed by atoms with van der Waals surface area (Å²) in [4.78, 5) is 45.5. The van der Waals surface area contributed by atoms with E-state index in [1.54, 1.807) is 19.9 Å². The molecular weight excluding hydrogens is 390 g/mol. The molecule has 0 aliphatic rings. The Morgan fingerprint density at radius 3 is 2.43 bits per heavy atom. The van der Waals surface area contributed by atoms with Crippen LogP contribution >= 0.6 is 11.3 Å². The van der Waals surface area contributed by atoms with Gasteiger partial charge in [-0.05, 0) is 13.8 Å². The second-order valence-electron chi connectivity index (χ2n) is 6.02. The third kappa shape index (κ3) is 5.33.